The van der Waals surface area contributed by atoms with Gasteiger partial charge in [-0.1, -0.05) is 68.8 Å². The minimum atomic E-state index is -1.06. The average molecular weight is 1120 g/mol. The number of carboxylic acids is 2. The number of carbonyl (C=O) groups is 2. The molecule has 2 unspecified atom stereocenters. The molecule has 0 radical (unpaired) electrons. The number of nitrogens with zero attached hydrogens (tertiary/aromatic N) is 8. The lowest BCUT2D eigenvalue weighted by Gasteiger charge is -2.46. The molecule has 4 aromatic carbocycles. The molecule has 77 heavy (non-hydrogen) atoms. The van der Waals surface area contributed by atoms with E-state index in [0.29, 0.717) is 72.7 Å². The third-order valence-corrected chi connectivity index (χ3v) is 17.0. The topological polar surface area (TPSA) is 149 Å². The molecule has 19 heteroatoms. The van der Waals surface area contributed by atoms with Gasteiger partial charge in [0.1, 0.15) is 28.7 Å². The molecule has 4 aliphatic rings. The first-order valence-corrected chi connectivity index (χ1v) is 27.7. The zero-order valence-corrected chi connectivity index (χ0v) is 46.2. The highest BCUT2D eigenvalue weighted by atomic mass is 35.5. The summed E-state index contributed by atoms with van der Waals surface area (Å²) in [4.78, 5) is 32.5. The maximum absolute atomic E-state index is 15.1. The molecule has 4 fully saturated rings. The Morgan fingerprint density at radius 2 is 1.10 bits per heavy atom. The van der Waals surface area contributed by atoms with E-state index in [2.05, 4.69) is 51.0 Å². The van der Waals surface area contributed by atoms with Gasteiger partial charge in [0.25, 0.3) is 0 Å². The van der Waals surface area contributed by atoms with Crippen LogP contribution in [0.25, 0.3) is 44.3 Å². The van der Waals surface area contributed by atoms with Crippen LogP contribution in [-0.2, 0) is 26.9 Å². The molecule has 2 N–H and O–H groups in total. The number of halogens is 5. The van der Waals surface area contributed by atoms with Crippen molar-refractivity contribution in [1.29, 1.82) is 0 Å². The van der Waals surface area contributed by atoms with Crippen molar-refractivity contribution in [2.45, 2.75) is 76.3 Å². The number of hydrogen-bond acceptors (Lipinski definition) is 10. The molecule has 8 aromatic rings. The molecule has 2 aliphatic carbocycles. The lowest BCUT2D eigenvalue weighted by Crippen LogP contribution is -2.57. The van der Waals surface area contributed by atoms with Crippen LogP contribution in [0.3, 0.4) is 0 Å². The maximum atomic E-state index is 15.1. The summed E-state index contributed by atoms with van der Waals surface area (Å²) in [6.07, 6.45) is 9.25. The third-order valence-electron chi connectivity index (χ3n) is 15.8. The Bertz CT molecular complexity index is 3500. The quantitative estimate of drug-likeness (QED) is 0.107. The van der Waals surface area contributed by atoms with Gasteiger partial charge in [-0.15, -0.1) is 0 Å². The minimum absolute atomic E-state index is 0.106. The van der Waals surface area contributed by atoms with Crippen molar-refractivity contribution in [3.8, 4) is 22.5 Å². The van der Waals surface area contributed by atoms with Crippen LogP contribution >= 0.6 is 46.4 Å². The van der Waals surface area contributed by atoms with Crippen LogP contribution in [0.4, 0.5) is 15.8 Å². The van der Waals surface area contributed by atoms with Crippen LogP contribution in [0.5, 0.6) is 0 Å². The molecule has 2 atom stereocenters. The average Bonchev–Trinajstić information content (AvgIpc) is 4.36. The van der Waals surface area contributed by atoms with E-state index in [0.717, 1.165) is 134 Å². The van der Waals surface area contributed by atoms with E-state index in [1.54, 1.807) is 23.9 Å². The molecule has 402 valence electrons. The first-order valence-electron chi connectivity index (χ1n) is 26.2. The minimum Gasteiger partial charge on any atom is -0.478 e. The summed E-state index contributed by atoms with van der Waals surface area (Å²) in [5.74, 6) is 0.396. The van der Waals surface area contributed by atoms with E-state index < -0.39 is 17.8 Å². The van der Waals surface area contributed by atoms with Crippen molar-refractivity contribution in [3.05, 3.63) is 139 Å². The van der Waals surface area contributed by atoms with Crippen LogP contribution in [0.1, 0.15) is 94.7 Å². The zero-order valence-electron chi connectivity index (χ0n) is 43.2. The lowest BCUT2D eigenvalue weighted by atomic mass is 10.00. The monoisotopic (exact) mass is 1120 g/mol. The molecule has 2 saturated carbocycles. The molecule has 14 nitrogen and oxygen atoms in total. The first-order chi connectivity index (χ1) is 37.0. The van der Waals surface area contributed by atoms with E-state index in [-0.39, 0.29) is 17.6 Å². The number of piperazine rings is 2. The highest BCUT2D eigenvalue weighted by Crippen LogP contribution is 2.48. The second-order valence-electron chi connectivity index (χ2n) is 21.1. The summed E-state index contributed by atoms with van der Waals surface area (Å²) in [6.45, 7) is 10.9. The van der Waals surface area contributed by atoms with Crippen LogP contribution in [0.15, 0.2) is 88.2 Å². The Morgan fingerprint density at radius 1 is 0.636 bits per heavy atom. The third kappa shape index (κ3) is 10.5. The van der Waals surface area contributed by atoms with Gasteiger partial charge in [0.2, 0.25) is 0 Å². The normalized spacial score (nSPS) is 18.4. The Labute approximate surface area is 465 Å². The molecule has 0 spiro atoms. The zero-order chi connectivity index (χ0) is 54.0. The number of carboxylic acid groups (broad SMARTS) is 2. The second kappa shape index (κ2) is 21.6. The summed E-state index contributed by atoms with van der Waals surface area (Å²) in [6, 6.07) is 20.7. The number of hydrogen-bond donors (Lipinski definition) is 2. The smallest absolute Gasteiger partial charge is 0.337 e. The number of aryl methyl sites for hydroxylation is 2. The predicted octanol–water partition coefficient (Wildman–Crippen LogP) is 13.1. The van der Waals surface area contributed by atoms with Gasteiger partial charge in [0.05, 0.1) is 47.9 Å². The summed E-state index contributed by atoms with van der Waals surface area (Å²) >= 11 is 26.1. The summed E-state index contributed by atoms with van der Waals surface area (Å²) in [5.41, 5.74) is 8.83. The van der Waals surface area contributed by atoms with Gasteiger partial charge in [0.15, 0.2) is 0 Å². The fraction of sp³-hybridized carbons (Fsp3) is 0.379. The van der Waals surface area contributed by atoms with Gasteiger partial charge in [-0.2, -0.15) is 0 Å². The number of rotatable bonds is 14. The number of aromatic carboxylic acids is 2. The fourth-order valence-corrected chi connectivity index (χ4v) is 12.8. The van der Waals surface area contributed by atoms with Crippen molar-refractivity contribution in [3.63, 3.8) is 0 Å². The molecule has 12 rings (SSSR count). The molecule has 6 heterocycles. The standard InChI is InChI=1S/C30H32Cl2N4O3.C28H27Cl2FN4O3/c1-17-14-35(15-18(2)36(17)20-9-10-21-23(30(37)38)16-34(3)26(21)13-20)12-11-22-28(33-39-29(22)19-7-8-19)27-24(31)5-4-6-25(27)32;1-33-15-19(28(36)37)18-13-22(31)24(14-23(18)33)35-11-9-34(10-12-35)8-7-17-26(32-38-27(17)16-5-6-16)25-20(29)3-2-4-21(25)30/h4-6,9-10,13,16-19H,7-8,11-12,14-15H2,1-3H3,(H,37,38);2-4,13-16H,5-12H2,1H3,(H,36,37). The predicted molar refractivity (Wildman–Crippen MR) is 301 cm³/mol. The van der Waals surface area contributed by atoms with Gasteiger partial charge in [-0.05, 0) is 107 Å². The van der Waals surface area contributed by atoms with Crippen molar-refractivity contribution < 1.29 is 33.2 Å². The molecular weight excluding hydrogens is 1070 g/mol. The van der Waals surface area contributed by atoms with Crippen LogP contribution in [0.2, 0.25) is 20.1 Å². The number of aromatic nitrogens is 4. The van der Waals surface area contributed by atoms with Gasteiger partial charge < -0.3 is 38.2 Å². The summed E-state index contributed by atoms with van der Waals surface area (Å²) in [5, 5.41) is 31.3. The number of benzene rings is 4. The maximum Gasteiger partial charge on any atom is 0.337 e. The summed E-state index contributed by atoms with van der Waals surface area (Å²) in [7, 11) is 3.67. The number of fused-ring (bicyclic) bond motifs is 2. The van der Waals surface area contributed by atoms with Crippen molar-refractivity contribution >= 4 is 91.5 Å². The molecular formula is C58H59Cl4FN8O6. The Balaban J connectivity index is 0.000000164. The van der Waals surface area contributed by atoms with E-state index in [1.165, 1.54) is 12.3 Å². The highest BCUT2D eigenvalue weighted by Gasteiger charge is 2.36. The van der Waals surface area contributed by atoms with E-state index in [9.17, 15) is 19.8 Å². The second-order valence-corrected chi connectivity index (χ2v) is 22.8. The molecule has 4 aromatic heterocycles. The van der Waals surface area contributed by atoms with Crippen LogP contribution in [0, 0.1) is 5.82 Å². The van der Waals surface area contributed by atoms with Gasteiger partial charge in [0, 0.05) is 141 Å². The van der Waals surface area contributed by atoms with Gasteiger partial charge in [-0.3, -0.25) is 9.80 Å². The lowest BCUT2D eigenvalue weighted by molar-refractivity contribution is 0.0688. The molecule has 0 amide bonds. The molecule has 2 saturated heterocycles. The van der Waals surface area contributed by atoms with Crippen molar-refractivity contribution in [2.24, 2.45) is 14.1 Å². The first kappa shape index (κ1) is 53.0. The van der Waals surface area contributed by atoms with Gasteiger partial charge >= 0.3 is 11.9 Å². The Kier molecular flexibility index (Phi) is 14.9. The molecule has 0 bridgehead atoms. The fourth-order valence-electron chi connectivity index (χ4n) is 11.7. The highest BCUT2D eigenvalue weighted by molar-refractivity contribution is 6.39. The Hall–Kier alpha value is -6.07. The molecule has 2 aliphatic heterocycles. The van der Waals surface area contributed by atoms with Gasteiger partial charge in [-0.25, -0.2) is 14.0 Å². The van der Waals surface area contributed by atoms with Crippen LogP contribution < -0.4 is 9.80 Å². The van der Waals surface area contributed by atoms with Crippen molar-refractivity contribution in [1.82, 2.24) is 29.2 Å². The van der Waals surface area contributed by atoms with E-state index in [4.69, 9.17) is 55.4 Å². The van der Waals surface area contributed by atoms with Crippen molar-refractivity contribution in [2.75, 3.05) is 62.2 Å². The summed E-state index contributed by atoms with van der Waals surface area (Å²) < 4.78 is 30.4. The Morgan fingerprint density at radius 3 is 1.58 bits per heavy atom. The van der Waals surface area contributed by atoms with E-state index >= 15 is 4.39 Å². The SMILES string of the molecule is CC1CN(CCc2c(-c3c(Cl)cccc3Cl)noc2C2CC2)CC(C)N1c1ccc2c(C(=O)O)cn(C)c2c1.Cn1cc(C(=O)O)c2cc(F)c(N3CCN(CCc4c(-c5c(Cl)cccc5Cl)noc4C4CC4)CC3)cc21. The number of anilines is 2. The van der Waals surface area contributed by atoms with E-state index in [1.807, 2.05) is 59.0 Å². The van der Waals surface area contributed by atoms with Crippen LogP contribution in [-0.4, -0.2) is 116 Å². The largest absolute Gasteiger partial charge is 0.478 e.